The zero-order valence-corrected chi connectivity index (χ0v) is 12.5. The molecule has 1 N–H and O–H groups in total. The molecule has 23 heavy (non-hydrogen) atoms. The van der Waals surface area contributed by atoms with Crippen LogP contribution in [0.1, 0.15) is 17.7 Å². The normalized spacial score (nSPS) is 15.4. The Kier molecular flexibility index (Phi) is 3.89. The first kappa shape index (κ1) is 14.9. The van der Waals surface area contributed by atoms with Gasteiger partial charge in [0.25, 0.3) is 5.91 Å². The van der Waals surface area contributed by atoms with Crippen LogP contribution in [0.25, 0.3) is 6.08 Å². The fourth-order valence-electron chi connectivity index (χ4n) is 2.35. The number of carboxylic acids is 1. The van der Waals surface area contributed by atoms with Crippen LogP contribution >= 0.6 is 0 Å². The first-order valence-corrected chi connectivity index (χ1v) is 7.12. The lowest BCUT2D eigenvalue weighted by Crippen LogP contribution is -2.38. The maximum atomic E-state index is 12.6. The largest absolute Gasteiger partial charge is 0.481 e. The molecule has 2 heterocycles. The van der Waals surface area contributed by atoms with Gasteiger partial charge in [-0.3, -0.25) is 9.59 Å². The molecule has 0 bridgehead atoms. The minimum atomic E-state index is -0.963. The van der Waals surface area contributed by atoms with Gasteiger partial charge in [0.15, 0.2) is 11.5 Å². The Labute approximate surface area is 132 Å². The molecule has 1 aliphatic rings. The minimum absolute atomic E-state index is 0.0729. The van der Waals surface area contributed by atoms with Crippen molar-refractivity contribution in [1.82, 2.24) is 0 Å². The SMILES string of the molecule is Cc1ccc2c(c1)N(CCC(=O)O)C(=O)/C(=C\c1ccco1)O2. The highest BCUT2D eigenvalue weighted by molar-refractivity contribution is 6.09. The number of rotatable bonds is 4. The van der Waals surface area contributed by atoms with E-state index in [4.69, 9.17) is 14.3 Å². The van der Waals surface area contributed by atoms with Gasteiger partial charge in [0.05, 0.1) is 18.4 Å². The zero-order valence-electron chi connectivity index (χ0n) is 12.5. The predicted molar refractivity (Wildman–Crippen MR) is 83.1 cm³/mol. The van der Waals surface area contributed by atoms with E-state index in [1.807, 2.05) is 13.0 Å². The third-order valence-corrected chi connectivity index (χ3v) is 3.45. The van der Waals surface area contributed by atoms with Crippen LogP contribution in [0.4, 0.5) is 5.69 Å². The summed E-state index contributed by atoms with van der Waals surface area (Å²) in [5.74, 6) is -0.252. The second kappa shape index (κ2) is 6.00. The Morgan fingerprint density at radius 3 is 2.87 bits per heavy atom. The molecule has 0 fully saturated rings. The zero-order chi connectivity index (χ0) is 16.4. The smallest absolute Gasteiger partial charge is 0.305 e. The maximum Gasteiger partial charge on any atom is 0.305 e. The van der Waals surface area contributed by atoms with Gasteiger partial charge in [0, 0.05) is 12.6 Å². The molecule has 0 unspecified atom stereocenters. The van der Waals surface area contributed by atoms with Crippen molar-refractivity contribution in [2.45, 2.75) is 13.3 Å². The summed E-state index contributed by atoms with van der Waals surface area (Å²) in [6, 6.07) is 8.85. The van der Waals surface area contributed by atoms with Crippen molar-refractivity contribution >= 4 is 23.6 Å². The van der Waals surface area contributed by atoms with Crippen LogP contribution < -0.4 is 9.64 Å². The number of ether oxygens (including phenoxy) is 1. The molecule has 0 atom stereocenters. The highest BCUT2D eigenvalue weighted by Crippen LogP contribution is 2.36. The molecular weight excluding hydrogens is 298 g/mol. The molecule has 1 aromatic carbocycles. The van der Waals surface area contributed by atoms with E-state index in [1.54, 1.807) is 24.3 Å². The molecule has 6 heteroatoms. The van der Waals surface area contributed by atoms with Crippen molar-refractivity contribution in [2.24, 2.45) is 0 Å². The van der Waals surface area contributed by atoms with Gasteiger partial charge in [-0.05, 0) is 36.8 Å². The first-order valence-electron chi connectivity index (χ1n) is 7.12. The first-order chi connectivity index (χ1) is 11.0. The van der Waals surface area contributed by atoms with Crippen LogP contribution in [0.15, 0.2) is 46.8 Å². The summed E-state index contributed by atoms with van der Waals surface area (Å²) in [7, 11) is 0. The number of benzene rings is 1. The number of anilines is 1. The molecule has 0 saturated carbocycles. The fourth-order valence-corrected chi connectivity index (χ4v) is 2.35. The van der Waals surface area contributed by atoms with Crippen molar-refractivity contribution in [1.29, 1.82) is 0 Å². The Balaban J connectivity index is 2.00. The molecule has 1 aliphatic heterocycles. The summed E-state index contributed by atoms with van der Waals surface area (Å²) in [6.45, 7) is 1.97. The number of hydrogen-bond donors (Lipinski definition) is 1. The maximum absolute atomic E-state index is 12.6. The summed E-state index contributed by atoms with van der Waals surface area (Å²) in [5.41, 5.74) is 1.53. The van der Waals surface area contributed by atoms with E-state index >= 15 is 0 Å². The molecular formula is C17H15NO5. The molecule has 1 aromatic heterocycles. The number of hydrogen-bond acceptors (Lipinski definition) is 4. The summed E-state index contributed by atoms with van der Waals surface area (Å²) in [5, 5.41) is 8.91. The lowest BCUT2D eigenvalue weighted by molar-refractivity contribution is -0.136. The quantitative estimate of drug-likeness (QED) is 0.878. The van der Waals surface area contributed by atoms with Crippen LogP contribution in [0.5, 0.6) is 5.75 Å². The number of amides is 1. The van der Waals surface area contributed by atoms with Gasteiger partial charge in [-0.25, -0.2) is 0 Å². The van der Waals surface area contributed by atoms with Gasteiger partial charge >= 0.3 is 5.97 Å². The average molecular weight is 313 g/mol. The number of carbonyl (C=O) groups is 2. The average Bonchev–Trinajstić information content (AvgIpc) is 3.00. The Bertz CT molecular complexity index is 776. The van der Waals surface area contributed by atoms with Gasteiger partial charge in [-0.2, -0.15) is 0 Å². The second-order valence-electron chi connectivity index (χ2n) is 5.20. The highest BCUT2D eigenvalue weighted by Gasteiger charge is 2.30. The van der Waals surface area contributed by atoms with E-state index in [2.05, 4.69) is 0 Å². The van der Waals surface area contributed by atoms with Crippen LogP contribution in [0.2, 0.25) is 0 Å². The van der Waals surface area contributed by atoms with Crippen LogP contribution in [0.3, 0.4) is 0 Å². The standard InChI is InChI=1S/C17H15NO5/c1-11-4-5-14-13(9-11)18(7-6-16(19)20)17(21)15(23-14)10-12-3-2-8-22-12/h2-5,8-10H,6-7H2,1H3,(H,19,20)/b15-10+. The minimum Gasteiger partial charge on any atom is -0.481 e. The van der Waals surface area contributed by atoms with E-state index in [-0.39, 0.29) is 24.6 Å². The van der Waals surface area contributed by atoms with Crippen molar-refractivity contribution in [3.8, 4) is 5.75 Å². The molecule has 1 amide bonds. The van der Waals surface area contributed by atoms with Gasteiger partial charge in [0.2, 0.25) is 0 Å². The third kappa shape index (κ3) is 3.11. The van der Waals surface area contributed by atoms with E-state index in [1.165, 1.54) is 17.2 Å². The molecule has 0 radical (unpaired) electrons. The van der Waals surface area contributed by atoms with Crippen molar-refractivity contribution < 1.29 is 23.8 Å². The Hall–Kier alpha value is -3.02. The highest BCUT2D eigenvalue weighted by atomic mass is 16.5. The number of furan rings is 1. The fraction of sp³-hybridized carbons (Fsp3) is 0.176. The lowest BCUT2D eigenvalue weighted by Gasteiger charge is -2.30. The van der Waals surface area contributed by atoms with Crippen molar-refractivity contribution in [3.63, 3.8) is 0 Å². The third-order valence-electron chi connectivity index (χ3n) is 3.45. The van der Waals surface area contributed by atoms with Crippen LogP contribution in [0, 0.1) is 6.92 Å². The summed E-state index contributed by atoms with van der Waals surface area (Å²) < 4.78 is 10.9. The van der Waals surface area contributed by atoms with Crippen LogP contribution in [-0.2, 0) is 9.59 Å². The summed E-state index contributed by atoms with van der Waals surface area (Å²) in [4.78, 5) is 24.9. The number of carbonyl (C=O) groups excluding carboxylic acids is 1. The van der Waals surface area contributed by atoms with E-state index in [0.717, 1.165) is 5.56 Å². The van der Waals surface area contributed by atoms with E-state index in [0.29, 0.717) is 17.2 Å². The van der Waals surface area contributed by atoms with Gasteiger partial charge in [0.1, 0.15) is 5.76 Å². The predicted octanol–water partition coefficient (Wildman–Crippen LogP) is 2.83. The molecule has 6 nitrogen and oxygen atoms in total. The Morgan fingerprint density at radius 1 is 1.35 bits per heavy atom. The Morgan fingerprint density at radius 2 is 2.17 bits per heavy atom. The van der Waals surface area contributed by atoms with E-state index in [9.17, 15) is 9.59 Å². The summed E-state index contributed by atoms with van der Waals surface area (Å²) >= 11 is 0. The molecule has 0 spiro atoms. The van der Waals surface area contributed by atoms with Crippen LogP contribution in [-0.4, -0.2) is 23.5 Å². The topological polar surface area (TPSA) is 80.0 Å². The summed E-state index contributed by atoms with van der Waals surface area (Å²) in [6.07, 6.45) is 2.85. The molecule has 2 aromatic rings. The van der Waals surface area contributed by atoms with Gasteiger partial charge in [-0.15, -0.1) is 0 Å². The monoisotopic (exact) mass is 313 g/mol. The number of aryl methyl sites for hydroxylation is 1. The number of fused-ring (bicyclic) bond motifs is 1. The number of aliphatic carboxylic acids is 1. The van der Waals surface area contributed by atoms with Crippen molar-refractivity contribution in [2.75, 3.05) is 11.4 Å². The second-order valence-corrected chi connectivity index (χ2v) is 5.20. The number of nitrogens with zero attached hydrogens (tertiary/aromatic N) is 1. The molecule has 118 valence electrons. The molecule has 3 rings (SSSR count). The number of carboxylic acid groups (broad SMARTS) is 1. The molecule has 0 aliphatic carbocycles. The van der Waals surface area contributed by atoms with Gasteiger partial charge < -0.3 is 19.2 Å². The van der Waals surface area contributed by atoms with E-state index < -0.39 is 5.97 Å². The lowest BCUT2D eigenvalue weighted by atomic mass is 10.1. The van der Waals surface area contributed by atoms with Crippen molar-refractivity contribution in [3.05, 3.63) is 53.7 Å². The van der Waals surface area contributed by atoms with Gasteiger partial charge in [-0.1, -0.05) is 6.07 Å². The molecule has 0 saturated heterocycles.